The molecule has 1 saturated heterocycles. The standard InChI is InChI=1S/C37H49FN8O5/c1-25(2)20-30-36(49)46-19-11-13-31(46)37(50)44(3)32(22-27-12-7-9-16-39-27)35(48)40-17-8-5-4-6-10-18-45-23-28(42-43-45)24-51-33-21-26(38)14-15-29(33)34(47)41-30/h7,9,12,14-16,21,23,25,30-32H,4-6,8,10-11,13,17-20,22,24H2,1-3H3,(H,40,48)(H,41,47)/t30-,31-,32+/m1/s1. The van der Waals surface area contributed by atoms with Crippen molar-refractivity contribution in [1.29, 1.82) is 0 Å². The second kappa shape index (κ2) is 17.9. The molecule has 2 aromatic heterocycles. The van der Waals surface area contributed by atoms with E-state index in [1.165, 1.54) is 15.9 Å². The quantitative estimate of drug-likeness (QED) is 0.418. The molecule has 1 aromatic carbocycles. The summed E-state index contributed by atoms with van der Waals surface area (Å²) < 4.78 is 22.0. The smallest absolute Gasteiger partial charge is 0.255 e. The first-order valence-corrected chi connectivity index (χ1v) is 18.0. The first-order valence-electron chi connectivity index (χ1n) is 18.0. The van der Waals surface area contributed by atoms with Crippen LogP contribution >= 0.6 is 0 Å². The number of rotatable bonds is 4. The highest BCUT2D eigenvalue weighted by molar-refractivity contribution is 6.00. The van der Waals surface area contributed by atoms with Crippen molar-refractivity contribution < 1.29 is 28.3 Å². The van der Waals surface area contributed by atoms with Crippen LogP contribution in [0.5, 0.6) is 5.75 Å². The van der Waals surface area contributed by atoms with Crippen molar-refractivity contribution >= 4 is 23.6 Å². The first-order chi connectivity index (χ1) is 24.6. The van der Waals surface area contributed by atoms with Gasteiger partial charge in [-0.05, 0) is 62.3 Å². The van der Waals surface area contributed by atoms with E-state index in [0.29, 0.717) is 50.3 Å². The summed E-state index contributed by atoms with van der Waals surface area (Å²) in [5, 5.41) is 14.2. The number of nitrogens with zero attached hydrogens (tertiary/aromatic N) is 6. The van der Waals surface area contributed by atoms with Gasteiger partial charge in [0.05, 0.1) is 11.8 Å². The predicted molar refractivity (Wildman–Crippen MR) is 187 cm³/mol. The van der Waals surface area contributed by atoms with Crippen LogP contribution in [-0.2, 0) is 34.0 Å². The summed E-state index contributed by atoms with van der Waals surface area (Å²) in [5.74, 6) is -2.17. The maximum absolute atomic E-state index is 14.4. The minimum Gasteiger partial charge on any atom is -0.486 e. The van der Waals surface area contributed by atoms with Crippen molar-refractivity contribution in [3.63, 3.8) is 0 Å². The Bertz CT molecular complexity index is 1650. The van der Waals surface area contributed by atoms with Crippen LogP contribution in [0.25, 0.3) is 0 Å². The van der Waals surface area contributed by atoms with E-state index in [-0.39, 0.29) is 42.1 Å². The van der Waals surface area contributed by atoms with Crippen molar-refractivity contribution in [3.05, 3.63) is 71.6 Å². The summed E-state index contributed by atoms with van der Waals surface area (Å²) in [5.41, 5.74) is 1.26. The highest BCUT2D eigenvalue weighted by atomic mass is 19.1. The van der Waals surface area contributed by atoms with E-state index in [4.69, 9.17) is 4.74 Å². The van der Waals surface area contributed by atoms with Crippen molar-refractivity contribution in [2.75, 3.05) is 20.1 Å². The summed E-state index contributed by atoms with van der Waals surface area (Å²) in [4.78, 5) is 63.1. The highest BCUT2D eigenvalue weighted by Gasteiger charge is 2.41. The van der Waals surface area contributed by atoms with Gasteiger partial charge in [-0.1, -0.05) is 44.4 Å². The normalized spacial score (nSPS) is 21.9. The molecular weight excluding hydrogens is 655 g/mol. The van der Waals surface area contributed by atoms with Gasteiger partial charge in [-0.25, -0.2) is 4.39 Å². The topological polar surface area (TPSA) is 152 Å². The summed E-state index contributed by atoms with van der Waals surface area (Å²) in [7, 11) is 1.60. The fourth-order valence-corrected chi connectivity index (χ4v) is 6.65. The second-order valence-electron chi connectivity index (χ2n) is 13.8. The lowest BCUT2D eigenvalue weighted by Crippen LogP contribution is -2.57. The van der Waals surface area contributed by atoms with E-state index in [9.17, 15) is 23.6 Å². The Morgan fingerprint density at radius 1 is 0.980 bits per heavy atom. The number of pyridine rings is 1. The molecule has 51 heavy (non-hydrogen) atoms. The number of fused-ring (bicyclic) bond motifs is 4. The zero-order valence-electron chi connectivity index (χ0n) is 29.7. The lowest BCUT2D eigenvalue weighted by molar-refractivity contribution is -0.147. The van der Waals surface area contributed by atoms with Gasteiger partial charge in [-0.2, -0.15) is 0 Å². The SMILES string of the molecule is CC(C)C[C@H]1NC(=O)c2ccc(F)cc2OCc2cn(nn2)CCCCCCCNC(=O)[C@H](Cc2ccccn2)N(C)C(=O)[C@H]2CCCN2C1=O. The number of halogens is 1. The lowest BCUT2D eigenvalue weighted by atomic mass is 10.0. The first kappa shape index (κ1) is 37.4. The molecule has 3 aromatic rings. The van der Waals surface area contributed by atoms with Crippen molar-refractivity contribution in [3.8, 4) is 5.75 Å². The van der Waals surface area contributed by atoms with E-state index in [0.717, 1.165) is 44.2 Å². The summed E-state index contributed by atoms with van der Waals surface area (Å²) in [6.07, 6.45) is 9.51. The Hall–Kier alpha value is -4.88. The van der Waals surface area contributed by atoms with Crippen LogP contribution in [0, 0.1) is 11.7 Å². The molecule has 2 N–H and O–H groups in total. The van der Waals surface area contributed by atoms with Crippen molar-refractivity contribution in [2.45, 2.75) is 103 Å². The van der Waals surface area contributed by atoms with Crippen LogP contribution in [0.3, 0.4) is 0 Å². The van der Waals surface area contributed by atoms with E-state index in [1.54, 1.807) is 30.2 Å². The van der Waals surface area contributed by atoms with Gasteiger partial charge < -0.3 is 25.2 Å². The average molecular weight is 705 g/mol. The van der Waals surface area contributed by atoms with Crippen molar-refractivity contribution in [2.24, 2.45) is 5.92 Å². The van der Waals surface area contributed by atoms with E-state index >= 15 is 0 Å². The molecule has 5 rings (SSSR count). The van der Waals surface area contributed by atoms with Crippen LogP contribution in [0.4, 0.5) is 4.39 Å². The predicted octanol–water partition coefficient (Wildman–Crippen LogP) is 3.68. The van der Waals surface area contributed by atoms with Crippen molar-refractivity contribution in [1.82, 2.24) is 40.4 Å². The fraction of sp³-hybridized carbons (Fsp3) is 0.541. The van der Waals surface area contributed by atoms with Crippen LogP contribution in [0.2, 0.25) is 0 Å². The number of carbonyl (C=O) groups excluding carboxylic acids is 4. The van der Waals surface area contributed by atoms with Gasteiger partial charge in [-0.3, -0.25) is 28.8 Å². The molecule has 14 heteroatoms. The number of benzene rings is 1. The summed E-state index contributed by atoms with van der Waals surface area (Å²) >= 11 is 0. The Morgan fingerprint density at radius 3 is 2.57 bits per heavy atom. The molecule has 2 aliphatic heterocycles. The number of hydrogen-bond donors (Lipinski definition) is 2. The molecule has 0 unspecified atom stereocenters. The van der Waals surface area contributed by atoms with Crippen LogP contribution < -0.4 is 15.4 Å². The molecule has 0 radical (unpaired) electrons. The Kier molecular flexibility index (Phi) is 13.1. The fourth-order valence-electron chi connectivity index (χ4n) is 6.65. The molecular formula is C37H49FN8O5. The molecule has 0 aliphatic carbocycles. The molecule has 0 spiro atoms. The Labute approximate surface area is 298 Å². The number of hydrogen-bond acceptors (Lipinski definition) is 8. The number of carbonyl (C=O) groups is 4. The number of aryl methyl sites for hydroxylation is 1. The minimum atomic E-state index is -0.962. The minimum absolute atomic E-state index is 0.0105. The molecule has 1 fully saturated rings. The molecule has 13 nitrogen and oxygen atoms in total. The van der Waals surface area contributed by atoms with Crippen LogP contribution in [0.1, 0.15) is 87.0 Å². The number of likely N-dealkylation sites (N-methyl/N-ethyl adjacent to an activating group) is 1. The van der Waals surface area contributed by atoms with Crippen LogP contribution in [-0.4, -0.2) is 91.7 Å². The van der Waals surface area contributed by atoms with E-state index in [2.05, 4.69) is 25.9 Å². The number of nitrogens with one attached hydrogen (secondary N) is 2. The third kappa shape index (κ3) is 10.1. The largest absolute Gasteiger partial charge is 0.486 e. The molecule has 274 valence electrons. The molecule has 3 atom stereocenters. The molecule has 2 aliphatic rings. The van der Waals surface area contributed by atoms with Gasteiger partial charge in [-0.15, -0.1) is 5.10 Å². The molecule has 4 amide bonds. The third-order valence-electron chi connectivity index (χ3n) is 9.39. The van der Waals surface area contributed by atoms with E-state index < -0.39 is 35.8 Å². The van der Waals surface area contributed by atoms with E-state index in [1.807, 2.05) is 26.0 Å². The third-order valence-corrected chi connectivity index (χ3v) is 9.39. The van der Waals surface area contributed by atoms with Gasteiger partial charge in [0, 0.05) is 51.1 Å². The molecule has 0 saturated carbocycles. The second-order valence-corrected chi connectivity index (χ2v) is 13.8. The van der Waals surface area contributed by atoms with Gasteiger partial charge in [0.2, 0.25) is 17.7 Å². The summed E-state index contributed by atoms with van der Waals surface area (Å²) in [6.45, 7) is 5.31. The highest BCUT2D eigenvalue weighted by Crippen LogP contribution is 2.25. The van der Waals surface area contributed by atoms with Gasteiger partial charge >= 0.3 is 0 Å². The maximum atomic E-state index is 14.4. The molecule has 2 bridgehead atoms. The van der Waals surface area contributed by atoms with Crippen LogP contribution in [0.15, 0.2) is 48.8 Å². The average Bonchev–Trinajstić information content (AvgIpc) is 3.79. The monoisotopic (exact) mass is 704 g/mol. The maximum Gasteiger partial charge on any atom is 0.255 e. The number of ether oxygens (including phenoxy) is 1. The number of amides is 4. The van der Waals surface area contributed by atoms with Gasteiger partial charge in [0.1, 0.15) is 42.0 Å². The zero-order chi connectivity index (χ0) is 36.3. The molecule has 4 heterocycles. The Morgan fingerprint density at radius 2 is 1.78 bits per heavy atom. The summed E-state index contributed by atoms with van der Waals surface area (Å²) in [6, 6.07) is 6.47. The van der Waals surface area contributed by atoms with Gasteiger partial charge in [0.25, 0.3) is 5.91 Å². The Balaban J connectivity index is 1.42. The number of aromatic nitrogens is 4. The lowest BCUT2D eigenvalue weighted by Gasteiger charge is -2.34. The van der Waals surface area contributed by atoms with Gasteiger partial charge in [0.15, 0.2) is 0 Å². The zero-order valence-corrected chi connectivity index (χ0v) is 29.7.